The second kappa shape index (κ2) is 3.96. The maximum atomic E-state index is 13.2. The zero-order valence-corrected chi connectivity index (χ0v) is 11.8. The van der Waals surface area contributed by atoms with Crippen molar-refractivity contribution < 1.29 is 18.3 Å². The van der Waals surface area contributed by atoms with Gasteiger partial charge < -0.3 is 9.64 Å². The number of rotatable bonds is 1. The summed E-state index contributed by atoms with van der Waals surface area (Å²) >= 11 is 0. The molecule has 112 valence electrons. The van der Waals surface area contributed by atoms with Crippen LogP contribution in [0.1, 0.15) is 37.8 Å². The number of hydrogen-bond acceptors (Lipinski definition) is 2. The Morgan fingerprint density at radius 3 is 2.76 bits per heavy atom. The second-order valence-corrected chi connectivity index (χ2v) is 6.76. The van der Waals surface area contributed by atoms with Gasteiger partial charge in [-0.1, -0.05) is 25.1 Å². The Morgan fingerprint density at radius 2 is 2.05 bits per heavy atom. The lowest BCUT2D eigenvalue weighted by Crippen LogP contribution is -2.54. The molecule has 2 fully saturated rings. The van der Waals surface area contributed by atoms with Crippen LogP contribution in [0.5, 0.6) is 5.75 Å². The Labute approximate surface area is 121 Å². The molecule has 2 aliphatic heterocycles. The number of nitrogens with zero attached hydrogens (tertiary/aromatic N) is 1. The van der Waals surface area contributed by atoms with Crippen molar-refractivity contribution in [2.75, 3.05) is 6.54 Å². The van der Waals surface area contributed by atoms with Crippen molar-refractivity contribution in [1.29, 1.82) is 0 Å². The van der Waals surface area contributed by atoms with Crippen LogP contribution in [-0.4, -0.2) is 29.4 Å². The number of fused-ring (bicyclic) bond motifs is 4. The summed E-state index contributed by atoms with van der Waals surface area (Å²) in [5.41, 5.74) is 0.0740. The van der Waals surface area contributed by atoms with Crippen LogP contribution in [-0.2, 0) is 4.79 Å². The molecule has 1 aromatic carbocycles. The van der Waals surface area contributed by atoms with E-state index in [1.165, 1.54) is 0 Å². The van der Waals surface area contributed by atoms with E-state index in [1.807, 2.05) is 24.3 Å². The molecule has 4 rings (SSSR count). The molecule has 3 nitrogen and oxygen atoms in total. The van der Waals surface area contributed by atoms with Crippen LogP contribution in [0.4, 0.5) is 8.78 Å². The highest BCUT2D eigenvalue weighted by Crippen LogP contribution is 2.54. The van der Waals surface area contributed by atoms with Crippen molar-refractivity contribution in [2.24, 2.45) is 5.41 Å². The van der Waals surface area contributed by atoms with Gasteiger partial charge in [-0.15, -0.1) is 0 Å². The highest BCUT2D eigenvalue weighted by Gasteiger charge is 2.60. The molecule has 1 saturated carbocycles. The molecule has 1 saturated heterocycles. The first-order valence-electron chi connectivity index (χ1n) is 7.32. The topological polar surface area (TPSA) is 29.5 Å². The highest BCUT2D eigenvalue weighted by molar-refractivity contribution is 5.84. The molecule has 2 bridgehead atoms. The molecule has 1 amide bonds. The van der Waals surface area contributed by atoms with Crippen molar-refractivity contribution >= 4 is 5.91 Å². The van der Waals surface area contributed by atoms with E-state index in [4.69, 9.17) is 4.74 Å². The fraction of sp³-hybridized carbons (Fsp3) is 0.562. The molecule has 1 aliphatic carbocycles. The third kappa shape index (κ3) is 1.86. The minimum Gasteiger partial charge on any atom is -0.488 e. The fourth-order valence-electron chi connectivity index (χ4n) is 4.03. The Morgan fingerprint density at radius 1 is 1.33 bits per heavy atom. The number of likely N-dealkylation sites (tertiary alicyclic amines) is 1. The summed E-state index contributed by atoms with van der Waals surface area (Å²) in [6, 6.07) is 7.66. The van der Waals surface area contributed by atoms with Gasteiger partial charge in [-0.05, 0) is 6.07 Å². The monoisotopic (exact) mass is 293 g/mol. The van der Waals surface area contributed by atoms with Gasteiger partial charge in [-0.2, -0.15) is 0 Å². The van der Waals surface area contributed by atoms with E-state index in [9.17, 15) is 13.6 Å². The Balaban J connectivity index is 1.62. The molecule has 0 radical (unpaired) electrons. The predicted molar refractivity (Wildman–Crippen MR) is 72.2 cm³/mol. The normalized spacial score (nSPS) is 31.1. The van der Waals surface area contributed by atoms with Crippen molar-refractivity contribution in [2.45, 2.75) is 44.3 Å². The van der Waals surface area contributed by atoms with Gasteiger partial charge in [0, 0.05) is 24.8 Å². The molecule has 5 heteroatoms. The maximum absolute atomic E-state index is 13.2. The predicted octanol–water partition coefficient (Wildman–Crippen LogP) is 3.16. The standard InChI is InChI=1S/C16H17F2NO2/c1-15(8-16(17,18)9-15)14(20)19-7-10-6-12(19)11-4-2-3-5-13(11)21-10/h2-5,10,12H,6-9H2,1H3/t10-,12-/m0/s1. The third-order valence-electron chi connectivity index (χ3n) is 4.91. The Bertz CT molecular complexity index is 608. The van der Waals surface area contributed by atoms with Gasteiger partial charge in [-0.3, -0.25) is 4.79 Å². The summed E-state index contributed by atoms with van der Waals surface area (Å²) in [5.74, 6) is -2.02. The molecule has 0 spiro atoms. The summed E-state index contributed by atoms with van der Waals surface area (Å²) < 4.78 is 32.3. The lowest BCUT2D eigenvalue weighted by Gasteiger charge is -2.46. The second-order valence-electron chi connectivity index (χ2n) is 6.76. The smallest absolute Gasteiger partial charge is 0.250 e. The molecule has 21 heavy (non-hydrogen) atoms. The van der Waals surface area contributed by atoms with Crippen molar-refractivity contribution in [1.82, 2.24) is 4.90 Å². The van der Waals surface area contributed by atoms with Crippen LogP contribution in [0.3, 0.4) is 0 Å². The molecule has 1 aromatic rings. The van der Waals surface area contributed by atoms with Crippen LogP contribution >= 0.6 is 0 Å². The molecular formula is C16H17F2NO2. The number of halogens is 2. The van der Waals surface area contributed by atoms with Crippen molar-refractivity contribution in [3.05, 3.63) is 29.8 Å². The van der Waals surface area contributed by atoms with Gasteiger partial charge in [0.05, 0.1) is 18.0 Å². The minimum absolute atomic E-state index is 0.0157. The lowest BCUT2D eigenvalue weighted by molar-refractivity contribution is -0.184. The first kappa shape index (κ1) is 13.0. The first-order valence-corrected chi connectivity index (χ1v) is 7.32. The average molecular weight is 293 g/mol. The quantitative estimate of drug-likeness (QED) is 0.796. The fourth-order valence-corrected chi connectivity index (χ4v) is 4.03. The van der Waals surface area contributed by atoms with Crippen LogP contribution in [0.2, 0.25) is 0 Å². The Kier molecular flexibility index (Phi) is 2.46. The summed E-state index contributed by atoms with van der Waals surface area (Å²) in [7, 11) is 0. The van der Waals surface area contributed by atoms with Crippen LogP contribution in [0, 0.1) is 5.41 Å². The van der Waals surface area contributed by atoms with E-state index in [0.29, 0.717) is 6.54 Å². The largest absolute Gasteiger partial charge is 0.488 e. The highest BCUT2D eigenvalue weighted by atomic mass is 19.3. The van der Waals surface area contributed by atoms with Gasteiger partial charge >= 0.3 is 0 Å². The summed E-state index contributed by atoms with van der Waals surface area (Å²) in [5, 5.41) is 0. The molecule has 0 aromatic heterocycles. The van der Waals surface area contributed by atoms with Gasteiger partial charge in [-0.25, -0.2) is 8.78 Å². The summed E-state index contributed by atoms with van der Waals surface area (Å²) in [4.78, 5) is 14.5. The number of alkyl halides is 2. The van der Waals surface area contributed by atoms with E-state index < -0.39 is 11.3 Å². The van der Waals surface area contributed by atoms with Crippen LogP contribution in [0.25, 0.3) is 0 Å². The number of carbonyl (C=O) groups excluding carboxylic acids is 1. The molecule has 0 N–H and O–H groups in total. The molecule has 2 heterocycles. The van der Waals surface area contributed by atoms with E-state index in [1.54, 1.807) is 11.8 Å². The number of amides is 1. The number of carbonyl (C=O) groups is 1. The zero-order valence-electron chi connectivity index (χ0n) is 11.8. The third-order valence-corrected chi connectivity index (χ3v) is 4.91. The molecular weight excluding hydrogens is 276 g/mol. The van der Waals surface area contributed by atoms with Crippen molar-refractivity contribution in [3.8, 4) is 5.75 Å². The maximum Gasteiger partial charge on any atom is 0.250 e. The first-order chi connectivity index (χ1) is 9.88. The lowest BCUT2D eigenvalue weighted by atomic mass is 9.66. The average Bonchev–Trinajstić information content (AvgIpc) is 2.74. The van der Waals surface area contributed by atoms with E-state index in [0.717, 1.165) is 17.7 Å². The minimum atomic E-state index is -2.69. The van der Waals surface area contributed by atoms with Gasteiger partial charge in [0.15, 0.2) is 0 Å². The van der Waals surface area contributed by atoms with E-state index in [2.05, 4.69) is 0 Å². The van der Waals surface area contributed by atoms with Gasteiger partial charge in [0.25, 0.3) is 0 Å². The molecule has 3 aliphatic rings. The SMILES string of the molecule is CC1(C(=O)N2C[C@@H]3C[C@H]2c2ccccc2O3)CC(F)(F)C1. The Hall–Kier alpha value is -1.65. The number of benzene rings is 1. The summed E-state index contributed by atoms with van der Waals surface area (Å²) in [6.45, 7) is 2.15. The number of ether oxygens (including phenoxy) is 1. The molecule has 0 unspecified atom stereocenters. The van der Waals surface area contributed by atoms with Crippen LogP contribution < -0.4 is 4.74 Å². The zero-order chi connectivity index (χ0) is 14.8. The summed E-state index contributed by atoms with van der Waals surface area (Å²) in [6.07, 6.45) is 0.0673. The van der Waals surface area contributed by atoms with E-state index >= 15 is 0 Å². The van der Waals surface area contributed by atoms with E-state index in [-0.39, 0.29) is 30.9 Å². The van der Waals surface area contributed by atoms with Crippen molar-refractivity contribution in [3.63, 3.8) is 0 Å². The number of para-hydroxylation sites is 1. The molecule has 2 atom stereocenters. The van der Waals surface area contributed by atoms with Gasteiger partial charge in [0.2, 0.25) is 11.8 Å². The van der Waals surface area contributed by atoms with Crippen LogP contribution in [0.15, 0.2) is 24.3 Å². The van der Waals surface area contributed by atoms with Gasteiger partial charge in [0.1, 0.15) is 11.9 Å². The number of hydrogen-bond donors (Lipinski definition) is 0.